The van der Waals surface area contributed by atoms with Crippen LogP contribution >= 0.6 is 0 Å². The van der Waals surface area contributed by atoms with Gasteiger partial charge in [-0.3, -0.25) is 14.5 Å². The summed E-state index contributed by atoms with van der Waals surface area (Å²) >= 11 is 0. The van der Waals surface area contributed by atoms with Crippen LogP contribution in [0.15, 0.2) is 59.4 Å². The van der Waals surface area contributed by atoms with E-state index in [2.05, 4.69) is 39.6 Å². The van der Waals surface area contributed by atoms with Crippen molar-refractivity contribution < 1.29 is 4.79 Å². The van der Waals surface area contributed by atoms with Crippen LogP contribution in [0.2, 0.25) is 0 Å². The normalized spacial score (nSPS) is 16.3. The number of nitrogens with zero attached hydrogens (tertiary/aromatic N) is 4. The van der Waals surface area contributed by atoms with Gasteiger partial charge in [-0.25, -0.2) is 4.68 Å². The number of nitrogens with one attached hydrogen (secondary N) is 1. The highest BCUT2D eigenvalue weighted by molar-refractivity contribution is 5.77. The zero-order valence-electron chi connectivity index (χ0n) is 17.9. The molecule has 1 amide bonds. The number of hydrogen-bond acceptors (Lipinski definition) is 5. The fourth-order valence-corrected chi connectivity index (χ4v) is 4.15. The SMILES string of the molecule is CC1CCN(C(CNC(=O)CCn2nnc3ccccc3c2=O)c2ccccc2)CC1. The summed E-state index contributed by atoms with van der Waals surface area (Å²) in [5.41, 5.74) is 1.56. The lowest BCUT2D eigenvalue weighted by Crippen LogP contribution is -2.42. The zero-order valence-corrected chi connectivity index (χ0v) is 17.9. The Hall–Kier alpha value is -3.06. The molecule has 4 rings (SSSR count). The Morgan fingerprint density at radius 2 is 1.81 bits per heavy atom. The lowest BCUT2D eigenvalue weighted by Gasteiger charge is -2.37. The number of fused-ring (bicyclic) bond motifs is 1. The molecule has 1 saturated heterocycles. The standard InChI is InChI=1S/C24H29N5O2/c1-18-11-14-28(15-12-18)22(19-7-3-2-4-8-19)17-25-23(30)13-16-29-24(31)20-9-5-6-10-21(20)26-27-29/h2-10,18,22H,11-17H2,1H3,(H,25,30). The molecule has 1 fully saturated rings. The van der Waals surface area contributed by atoms with E-state index >= 15 is 0 Å². The molecule has 2 heterocycles. The highest BCUT2D eigenvalue weighted by Crippen LogP contribution is 2.26. The molecule has 0 aliphatic carbocycles. The molecule has 1 atom stereocenters. The van der Waals surface area contributed by atoms with Crippen LogP contribution in [0.1, 0.15) is 37.8 Å². The van der Waals surface area contributed by atoms with Gasteiger partial charge in [0.1, 0.15) is 5.52 Å². The Kier molecular flexibility index (Phi) is 6.72. The Morgan fingerprint density at radius 3 is 2.58 bits per heavy atom. The Morgan fingerprint density at radius 1 is 1.10 bits per heavy atom. The molecule has 1 aliphatic rings. The first-order valence-corrected chi connectivity index (χ1v) is 11.0. The second-order valence-electron chi connectivity index (χ2n) is 8.33. The molecule has 3 aromatic rings. The third-order valence-electron chi connectivity index (χ3n) is 6.12. The van der Waals surface area contributed by atoms with Crippen molar-refractivity contribution in [1.82, 2.24) is 25.2 Å². The molecule has 7 heteroatoms. The molecular formula is C24H29N5O2. The molecule has 1 unspecified atom stereocenters. The number of benzene rings is 2. The molecule has 1 aliphatic heterocycles. The van der Waals surface area contributed by atoms with E-state index in [9.17, 15) is 9.59 Å². The van der Waals surface area contributed by atoms with Crippen molar-refractivity contribution in [3.63, 3.8) is 0 Å². The summed E-state index contributed by atoms with van der Waals surface area (Å²) in [5, 5.41) is 11.6. The average molecular weight is 420 g/mol. The van der Waals surface area contributed by atoms with Gasteiger partial charge < -0.3 is 5.32 Å². The van der Waals surface area contributed by atoms with Crippen LogP contribution in [-0.4, -0.2) is 45.4 Å². The van der Waals surface area contributed by atoms with Crippen molar-refractivity contribution in [2.75, 3.05) is 19.6 Å². The van der Waals surface area contributed by atoms with E-state index < -0.39 is 0 Å². The van der Waals surface area contributed by atoms with Crippen molar-refractivity contribution >= 4 is 16.8 Å². The minimum absolute atomic E-state index is 0.0897. The van der Waals surface area contributed by atoms with Gasteiger partial charge in [-0.15, -0.1) is 5.10 Å². The molecule has 7 nitrogen and oxygen atoms in total. The summed E-state index contributed by atoms with van der Waals surface area (Å²) in [6.45, 7) is 5.14. The lowest BCUT2D eigenvalue weighted by molar-refractivity contribution is -0.121. The summed E-state index contributed by atoms with van der Waals surface area (Å²) in [5.74, 6) is 0.664. The first-order valence-electron chi connectivity index (χ1n) is 11.0. The molecule has 0 saturated carbocycles. The second-order valence-corrected chi connectivity index (χ2v) is 8.33. The van der Waals surface area contributed by atoms with Gasteiger partial charge in [-0.05, 0) is 49.5 Å². The first-order chi connectivity index (χ1) is 15.1. The quantitative estimate of drug-likeness (QED) is 0.637. The topological polar surface area (TPSA) is 80.1 Å². The predicted molar refractivity (Wildman–Crippen MR) is 121 cm³/mol. The summed E-state index contributed by atoms with van der Waals surface area (Å²) in [6, 6.07) is 17.6. The molecule has 1 aromatic heterocycles. The van der Waals surface area contributed by atoms with Crippen LogP contribution in [0, 0.1) is 5.92 Å². The van der Waals surface area contributed by atoms with E-state index in [4.69, 9.17) is 0 Å². The number of carbonyl (C=O) groups is 1. The van der Waals surface area contributed by atoms with Crippen LogP contribution < -0.4 is 10.9 Å². The number of aromatic nitrogens is 3. The Bertz CT molecular complexity index is 1070. The number of piperidine rings is 1. The van der Waals surface area contributed by atoms with Gasteiger partial charge in [-0.2, -0.15) is 0 Å². The maximum absolute atomic E-state index is 12.6. The fraction of sp³-hybridized carbons (Fsp3) is 0.417. The van der Waals surface area contributed by atoms with Gasteiger partial charge in [0.25, 0.3) is 5.56 Å². The van der Waals surface area contributed by atoms with Crippen molar-refractivity contribution in [2.45, 2.75) is 38.8 Å². The summed E-state index contributed by atoms with van der Waals surface area (Å²) < 4.78 is 1.27. The van der Waals surface area contributed by atoms with Gasteiger partial charge in [0.2, 0.25) is 5.91 Å². The highest BCUT2D eigenvalue weighted by atomic mass is 16.2. The Labute approximate surface area is 182 Å². The Balaban J connectivity index is 1.38. The van der Waals surface area contributed by atoms with Gasteiger partial charge in [0.15, 0.2) is 0 Å². The van der Waals surface area contributed by atoms with Crippen LogP contribution in [-0.2, 0) is 11.3 Å². The predicted octanol–water partition coefficient (Wildman–Crippen LogP) is 2.77. The molecule has 1 N–H and O–H groups in total. The first kappa shape index (κ1) is 21.2. The number of hydrogen-bond donors (Lipinski definition) is 1. The van der Waals surface area contributed by atoms with Crippen LogP contribution in [0.5, 0.6) is 0 Å². The monoisotopic (exact) mass is 419 g/mol. The molecule has 162 valence electrons. The van der Waals surface area contributed by atoms with E-state index in [0.29, 0.717) is 17.4 Å². The lowest BCUT2D eigenvalue weighted by atomic mass is 9.95. The van der Waals surface area contributed by atoms with E-state index in [-0.39, 0.29) is 30.5 Å². The van der Waals surface area contributed by atoms with Crippen LogP contribution in [0.25, 0.3) is 10.9 Å². The third-order valence-corrected chi connectivity index (χ3v) is 6.12. The molecule has 0 radical (unpaired) electrons. The van der Waals surface area contributed by atoms with Crippen molar-refractivity contribution in [2.24, 2.45) is 5.92 Å². The molecule has 0 spiro atoms. The maximum Gasteiger partial charge on any atom is 0.277 e. The van der Waals surface area contributed by atoms with E-state index in [1.165, 1.54) is 23.1 Å². The van der Waals surface area contributed by atoms with E-state index in [1.807, 2.05) is 24.3 Å². The minimum atomic E-state index is -0.219. The van der Waals surface area contributed by atoms with Crippen LogP contribution in [0.4, 0.5) is 0 Å². The molecule has 0 bridgehead atoms. The smallest absolute Gasteiger partial charge is 0.277 e. The molecule has 2 aromatic carbocycles. The summed E-state index contributed by atoms with van der Waals surface area (Å²) in [4.78, 5) is 27.6. The average Bonchev–Trinajstić information content (AvgIpc) is 2.81. The molecule has 31 heavy (non-hydrogen) atoms. The number of likely N-dealkylation sites (tertiary alicyclic amines) is 1. The van der Waals surface area contributed by atoms with Gasteiger partial charge in [0, 0.05) is 13.0 Å². The van der Waals surface area contributed by atoms with Crippen molar-refractivity contribution in [3.8, 4) is 0 Å². The number of amides is 1. The number of rotatable bonds is 7. The van der Waals surface area contributed by atoms with Crippen LogP contribution in [0.3, 0.4) is 0 Å². The van der Waals surface area contributed by atoms with Gasteiger partial charge in [-0.1, -0.05) is 54.6 Å². The number of aryl methyl sites for hydroxylation is 1. The second kappa shape index (κ2) is 9.83. The zero-order chi connectivity index (χ0) is 21.6. The fourth-order valence-electron chi connectivity index (χ4n) is 4.15. The van der Waals surface area contributed by atoms with E-state index in [1.54, 1.807) is 18.2 Å². The van der Waals surface area contributed by atoms with Crippen molar-refractivity contribution in [3.05, 3.63) is 70.5 Å². The highest BCUT2D eigenvalue weighted by Gasteiger charge is 2.25. The largest absolute Gasteiger partial charge is 0.354 e. The summed E-state index contributed by atoms with van der Waals surface area (Å²) in [6.07, 6.45) is 2.55. The van der Waals surface area contributed by atoms with Gasteiger partial charge in [0.05, 0.1) is 18.0 Å². The third kappa shape index (κ3) is 5.17. The maximum atomic E-state index is 12.6. The minimum Gasteiger partial charge on any atom is -0.354 e. The summed E-state index contributed by atoms with van der Waals surface area (Å²) in [7, 11) is 0. The van der Waals surface area contributed by atoms with Gasteiger partial charge >= 0.3 is 0 Å². The molecular weight excluding hydrogens is 390 g/mol. The number of carbonyl (C=O) groups excluding carboxylic acids is 1. The van der Waals surface area contributed by atoms with E-state index in [0.717, 1.165) is 19.0 Å². The van der Waals surface area contributed by atoms with Crippen molar-refractivity contribution in [1.29, 1.82) is 0 Å².